The number of hydrogen-bond acceptors (Lipinski definition) is 3. The fourth-order valence-electron chi connectivity index (χ4n) is 2.55. The predicted octanol–water partition coefficient (Wildman–Crippen LogP) is -0.0361. The van der Waals surface area contributed by atoms with Gasteiger partial charge in [0.1, 0.15) is 5.75 Å². The minimum Gasteiger partial charge on any atom is -0.508 e. The molecule has 1 aromatic rings. The fourth-order valence-corrected chi connectivity index (χ4v) is 2.55. The van der Waals surface area contributed by atoms with E-state index in [1.807, 2.05) is 37.9 Å². The monoisotopic (exact) mass is 292 g/mol. The highest BCUT2D eigenvalue weighted by Gasteiger charge is 2.24. The van der Waals surface area contributed by atoms with Gasteiger partial charge in [0.25, 0.3) is 5.91 Å². The Morgan fingerprint density at radius 1 is 1.29 bits per heavy atom. The summed E-state index contributed by atoms with van der Waals surface area (Å²) in [6, 6.07) is 7.58. The third-order valence-corrected chi connectivity index (χ3v) is 4.25. The highest BCUT2D eigenvalue weighted by atomic mass is 16.3. The molecule has 0 aromatic heterocycles. The Bertz CT molecular complexity index is 465. The molecule has 0 atom stereocenters. The van der Waals surface area contributed by atoms with Gasteiger partial charge < -0.3 is 19.8 Å². The Balaban J connectivity index is 1.83. The Hall–Kier alpha value is -1.75. The molecule has 1 heterocycles. The van der Waals surface area contributed by atoms with E-state index in [1.165, 1.54) is 4.90 Å². The number of phenols is 1. The predicted molar refractivity (Wildman–Crippen MR) is 83.8 cm³/mol. The second-order valence-corrected chi connectivity index (χ2v) is 6.03. The van der Waals surface area contributed by atoms with Crippen molar-refractivity contribution in [3.8, 4) is 5.75 Å². The van der Waals surface area contributed by atoms with Crippen LogP contribution in [0.3, 0.4) is 0 Å². The zero-order valence-electron chi connectivity index (χ0n) is 13.2. The number of hydrogen-bond donors (Lipinski definition) is 2. The van der Waals surface area contributed by atoms with E-state index in [0.717, 1.165) is 31.9 Å². The number of carbonyl (C=O) groups is 1. The highest BCUT2D eigenvalue weighted by Crippen LogP contribution is 2.18. The van der Waals surface area contributed by atoms with Crippen LogP contribution in [0.2, 0.25) is 0 Å². The third-order valence-electron chi connectivity index (χ3n) is 4.25. The number of phenolic OH excluding ortho intramolecular Hbond substituents is 1. The second-order valence-electron chi connectivity index (χ2n) is 6.03. The van der Waals surface area contributed by atoms with E-state index < -0.39 is 0 Å². The summed E-state index contributed by atoms with van der Waals surface area (Å²) >= 11 is 0. The largest absolute Gasteiger partial charge is 0.508 e. The van der Waals surface area contributed by atoms with Crippen LogP contribution in [0.4, 0.5) is 5.69 Å². The molecule has 2 N–H and O–H groups in total. The van der Waals surface area contributed by atoms with Gasteiger partial charge in [-0.25, -0.2) is 0 Å². The molecule has 5 nitrogen and oxygen atoms in total. The lowest BCUT2D eigenvalue weighted by atomic mass is 10.2. The number of piperazine rings is 1. The van der Waals surface area contributed by atoms with Gasteiger partial charge in [-0.15, -0.1) is 0 Å². The Kier molecular flexibility index (Phi) is 5.07. The molecule has 1 aliphatic heterocycles. The first kappa shape index (κ1) is 15.6. The number of carbonyl (C=O) groups excluding carboxylic acids is 1. The van der Waals surface area contributed by atoms with Gasteiger partial charge in [-0.2, -0.15) is 0 Å². The van der Waals surface area contributed by atoms with Gasteiger partial charge in [0.05, 0.1) is 26.2 Å². The molecule has 0 aliphatic carbocycles. The normalized spacial score (nSPS) is 16.3. The zero-order chi connectivity index (χ0) is 15.4. The van der Waals surface area contributed by atoms with Crippen LogP contribution in [0.25, 0.3) is 0 Å². The lowest BCUT2D eigenvalue weighted by Crippen LogP contribution is -3.15. The van der Waals surface area contributed by atoms with Gasteiger partial charge in [0, 0.05) is 18.8 Å². The molecule has 0 radical (unpaired) electrons. The molecular weight excluding hydrogens is 266 g/mol. The number of amides is 1. The van der Waals surface area contributed by atoms with E-state index in [2.05, 4.69) is 4.90 Å². The Morgan fingerprint density at radius 3 is 2.38 bits per heavy atom. The quantitative estimate of drug-likeness (QED) is 0.819. The van der Waals surface area contributed by atoms with E-state index in [9.17, 15) is 9.90 Å². The van der Waals surface area contributed by atoms with Gasteiger partial charge in [-0.05, 0) is 38.1 Å². The summed E-state index contributed by atoms with van der Waals surface area (Å²) in [5.41, 5.74) is 1.14. The van der Waals surface area contributed by atoms with Crippen molar-refractivity contribution in [1.29, 1.82) is 0 Å². The molecule has 21 heavy (non-hydrogen) atoms. The first-order valence-corrected chi connectivity index (χ1v) is 7.60. The Labute approximate surface area is 126 Å². The number of nitrogens with one attached hydrogen (secondary N) is 1. The average Bonchev–Trinajstić information content (AvgIpc) is 2.48. The zero-order valence-corrected chi connectivity index (χ0v) is 13.2. The van der Waals surface area contributed by atoms with Crippen molar-refractivity contribution in [3.63, 3.8) is 0 Å². The first-order chi connectivity index (χ1) is 9.97. The molecule has 0 saturated carbocycles. The fraction of sp³-hybridized carbons (Fsp3) is 0.562. The van der Waals surface area contributed by atoms with Crippen LogP contribution in [0.5, 0.6) is 5.75 Å². The number of aromatic hydroxyl groups is 1. The maximum Gasteiger partial charge on any atom is 0.277 e. The van der Waals surface area contributed by atoms with Crippen molar-refractivity contribution < 1.29 is 14.8 Å². The standard InChI is InChI=1S/C16H25N3O2/c1-13(2)17(3)16(21)12-18-8-10-19(11-9-18)14-4-6-15(20)7-5-14/h4-7,13,20H,8-12H2,1-3H3/p+1. The van der Waals surface area contributed by atoms with E-state index in [-0.39, 0.29) is 11.9 Å². The molecule has 0 bridgehead atoms. The molecule has 5 heteroatoms. The lowest BCUT2D eigenvalue weighted by Gasteiger charge is -2.34. The SMILES string of the molecule is CC(C)N(C)C(=O)C[NH+]1CCN(c2ccc(O)cc2)CC1. The highest BCUT2D eigenvalue weighted by molar-refractivity contribution is 5.77. The van der Waals surface area contributed by atoms with Crippen molar-refractivity contribution in [2.45, 2.75) is 19.9 Å². The van der Waals surface area contributed by atoms with Crippen LogP contribution in [-0.2, 0) is 4.79 Å². The summed E-state index contributed by atoms with van der Waals surface area (Å²) < 4.78 is 0. The molecule has 1 fully saturated rings. The Morgan fingerprint density at radius 2 is 1.86 bits per heavy atom. The van der Waals surface area contributed by atoms with Crippen molar-refractivity contribution in [1.82, 2.24) is 4.90 Å². The van der Waals surface area contributed by atoms with E-state index in [1.54, 1.807) is 12.1 Å². The number of anilines is 1. The van der Waals surface area contributed by atoms with Gasteiger partial charge in [-0.1, -0.05) is 0 Å². The summed E-state index contributed by atoms with van der Waals surface area (Å²) in [6.07, 6.45) is 0. The van der Waals surface area contributed by atoms with Crippen molar-refractivity contribution >= 4 is 11.6 Å². The summed E-state index contributed by atoms with van der Waals surface area (Å²) in [5, 5.41) is 9.33. The molecule has 0 unspecified atom stereocenters. The number of rotatable bonds is 4. The first-order valence-electron chi connectivity index (χ1n) is 7.60. The molecule has 1 saturated heterocycles. The number of likely N-dealkylation sites (N-methyl/N-ethyl adjacent to an activating group) is 1. The average molecular weight is 292 g/mol. The second kappa shape index (κ2) is 6.80. The molecule has 1 aromatic carbocycles. The molecule has 116 valence electrons. The molecule has 2 rings (SSSR count). The molecule has 0 spiro atoms. The van der Waals surface area contributed by atoms with Crippen LogP contribution in [0, 0.1) is 0 Å². The summed E-state index contributed by atoms with van der Waals surface area (Å²) in [6.45, 7) is 8.48. The van der Waals surface area contributed by atoms with Crippen LogP contribution < -0.4 is 9.80 Å². The smallest absolute Gasteiger partial charge is 0.277 e. The maximum absolute atomic E-state index is 12.1. The number of quaternary nitrogens is 1. The van der Waals surface area contributed by atoms with Gasteiger partial charge in [-0.3, -0.25) is 4.79 Å². The maximum atomic E-state index is 12.1. The van der Waals surface area contributed by atoms with Crippen LogP contribution in [0.15, 0.2) is 24.3 Å². The molecular formula is C16H26N3O2+. The molecule has 1 amide bonds. The van der Waals surface area contributed by atoms with E-state index in [4.69, 9.17) is 0 Å². The van der Waals surface area contributed by atoms with Gasteiger partial charge in [0.2, 0.25) is 0 Å². The van der Waals surface area contributed by atoms with Crippen LogP contribution in [-0.4, -0.2) is 61.7 Å². The third kappa shape index (κ3) is 4.11. The number of nitrogens with zero attached hydrogens (tertiary/aromatic N) is 2. The molecule has 1 aliphatic rings. The van der Waals surface area contributed by atoms with E-state index in [0.29, 0.717) is 12.3 Å². The summed E-state index contributed by atoms with van der Waals surface area (Å²) in [4.78, 5) is 17.6. The minimum absolute atomic E-state index is 0.220. The summed E-state index contributed by atoms with van der Waals surface area (Å²) in [7, 11) is 1.87. The van der Waals surface area contributed by atoms with Crippen LogP contribution >= 0.6 is 0 Å². The van der Waals surface area contributed by atoms with Crippen LogP contribution in [0.1, 0.15) is 13.8 Å². The van der Waals surface area contributed by atoms with Crippen molar-refractivity contribution in [2.24, 2.45) is 0 Å². The summed E-state index contributed by atoms with van der Waals surface area (Å²) in [5.74, 6) is 0.517. The van der Waals surface area contributed by atoms with Gasteiger partial charge in [0.15, 0.2) is 6.54 Å². The topological polar surface area (TPSA) is 48.2 Å². The number of benzene rings is 1. The van der Waals surface area contributed by atoms with Gasteiger partial charge >= 0.3 is 0 Å². The van der Waals surface area contributed by atoms with E-state index >= 15 is 0 Å². The lowest BCUT2D eigenvalue weighted by molar-refractivity contribution is -0.892. The van der Waals surface area contributed by atoms with Crippen molar-refractivity contribution in [3.05, 3.63) is 24.3 Å². The minimum atomic E-state index is 0.220. The van der Waals surface area contributed by atoms with Crippen molar-refractivity contribution in [2.75, 3.05) is 44.7 Å².